The van der Waals surface area contributed by atoms with Gasteiger partial charge in [-0.05, 0) is 48.9 Å². The van der Waals surface area contributed by atoms with E-state index in [1.54, 1.807) is 11.1 Å². The molecular formula is C18H21BrO2. The zero-order valence-corrected chi connectivity index (χ0v) is 13.7. The molecule has 112 valence electrons. The van der Waals surface area contributed by atoms with Crippen LogP contribution in [-0.4, -0.2) is 11.1 Å². The fourth-order valence-electron chi connectivity index (χ4n) is 1.40. The Morgan fingerprint density at radius 1 is 0.952 bits per heavy atom. The predicted molar refractivity (Wildman–Crippen MR) is 91.9 cm³/mol. The summed E-state index contributed by atoms with van der Waals surface area (Å²) in [7, 11) is 0. The summed E-state index contributed by atoms with van der Waals surface area (Å²) >= 11 is 3.14. The van der Waals surface area contributed by atoms with E-state index in [9.17, 15) is 4.79 Å². The Balaban J connectivity index is 3.50. The van der Waals surface area contributed by atoms with Crippen molar-refractivity contribution < 1.29 is 9.90 Å². The van der Waals surface area contributed by atoms with Crippen molar-refractivity contribution in [2.24, 2.45) is 0 Å². The van der Waals surface area contributed by atoms with Gasteiger partial charge < -0.3 is 5.11 Å². The van der Waals surface area contributed by atoms with Crippen LogP contribution in [-0.2, 0) is 4.79 Å². The first-order valence-electron chi connectivity index (χ1n) is 7.04. The van der Waals surface area contributed by atoms with E-state index >= 15 is 0 Å². The Hall–Kier alpha value is -1.71. The normalized spacial score (nSPS) is 10.5. The highest BCUT2D eigenvalue weighted by atomic mass is 79.9. The molecule has 0 radical (unpaired) electrons. The SMILES string of the molecule is O=C(O)CCCCCC#C/C=C/CC/C=C\C#C/C=C/Br. The third kappa shape index (κ3) is 18.3. The van der Waals surface area contributed by atoms with E-state index in [1.807, 2.05) is 24.3 Å². The summed E-state index contributed by atoms with van der Waals surface area (Å²) in [5.41, 5.74) is 0. The van der Waals surface area contributed by atoms with E-state index in [4.69, 9.17) is 5.11 Å². The van der Waals surface area contributed by atoms with Crippen LogP contribution in [0.15, 0.2) is 35.4 Å². The summed E-state index contributed by atoms with van der Waals surface area (Å²) < 4.78 is 0. The van der Waals surface area contributed by atoms with Crippen LogP contribution in [0.1, 0.15) is 44.9 Å². The molecule has 0 heterocycles. The van der Waals surface area contributed by atoms with Crippen LogP contribution in [0.4, 0.5) is 0 Å². The van der Waals surface area contributed by atoms with Gasteiger partial charge >= 0.3 is 5.97 Å². The molecule has 0 rings (SSSR count). The number of carboxylic acids is 1. The van der Waals surface area contributed by atoms with Crippen molar-refractivity contribution >= 4 is 21.9 Å². The van der Waals surface area contributed by atoms with Gasteiger partial charge in [0.1, 0.15) is 0 Å². The first-order valence-corrected chi connectivity index (χ1v) is 7.95. The van der Waals surface area contributed by atoms with Gasteiger partial charge in [-0.2, -0.15) is 0 Å². The molecule has 0 aliphatic carbocycles. The van der Waals surface area contributed by atoms with Crippen LogP contribution < -0.4 is 0 Å². The topological polar surface area (TPSA) is 37.3 Å². The maximum Gasteiger partial charge on any atom is 0.303 e. The van der Waals surface area contributed by atoms with Gasteiger partial charge in [-0.1, -0.05) is 58.2 Å². The number of hydrogen-bond donors (Lipinski definition) is 1. The van der Waals surface area contributed by atoms with Gasteiger partial charge in [0.25, 0.3) is 0 Å². The van der Waals surface area contributed by atoms with Crippen molar-refractivity contribution in [1.29, 1.82) is 0 Å². The third-order valence-electron chi connectivity index (χ3n) is 2.43. The zero-order chi connectivity index (χ0) is 15.6. The van der Waals surface area contributed by atoms with Crippen molar-refractivity contribution in [3.8, 4) is 23.7 Å². The van der Waals surface area contributed by atoms with Gasteiger partial charge in [-0.25, -0.2) is 0 Å². The number of hydrogen-bond acceptors (Lipinski definition) is 1. The minimum atomic E-state index is -0.719. The Morgan fingerprint density at radius 3 is 2.29 bits per heavy atom. The molecule has 0 unspecified atom stereocenters. The van der Waals surface area contributed by atoms with E-state index in [1.165, 1.54) is 0 Å². The van der Waals surface area contributed by atoms with Crippen LogP contribution >= 0.6 is 15.9 Å². The lowest BCUT2D eigenvalue weighted by Crippen LogP contribution is -1.93. The predicted octanol–water partition coefficient (Wildman–Crippen LogP) is 4.83. The summed E-state index contributed by atoms with van der Waals surface area (Å²) in [6.45, 7) is 0. The monoisotopic (exact) mass is 348 g/mol. The summed E-state index contributed by atoms with van der Waals surface area (Å²) in [5.74, 6) is 11.1. The van der Waals surface area contributed by atoms with Crippen LogP contribution in [0.5, 0.6) is 0 Å². The number of halogens is 1. The highest BCUT2D eigenvalue weighted by molar-refractivity contribution is 9.11. The van der Waals surface area contributed by atoms with Gasteiger partial charge in [-0.3, -0.25) is 4.79 Å². The number of aliphatic carboxylic acids is 1. The quantitative estimate of drug-likeness (QED) is 0.503. The van der Waals surface area contributed by atoms with Gasteiger partial charge in [0.15, 0.2) is 0 Å². The van der Waals surface area contributed by atoms with Crippen molar-refractivity contribution in [3.05, 3.63) is 35.4 Å². The summed E-state index contributed by atoms with van der Waals surface area (Å²) in [6.07, 6.45) is 15.2. The molecule has 0 amide bonds. The van der Waals surface area contributed by atoms with Crippen LogP contribution in [0.3, 0.4) is 0 Å². The molecule has 0 aromatic heterocycles. The lowest BCUT2D eigenvalue weighted by atomic mass is 10.1. The van der Waals surface area contributed by atoms with Gasteiger partial charge in [-0.15, -0.1) is 0 Å². The van der Waals surface area contributed by atoms with Crippen LogP contribution in [0.2, 0.25) is 0 Å². The Labute approximate surface area is 136 Å². The van der Waals surface area contributed by atoms with Gasteiger partial charge in [0.05, 0.1) is 0 Å². The maximum atomic E-state index is 10.3. The van der Waals surface area contributed by atoms with E-state index in [-0.39, 0.29) is 6.42 Å². The molecule has 0 saturated carbocycles. The highest BCUT2D eigenvalue weighted by Gasteiger charge is 1.94. The molecule has 0 spiro atoms. The third-order valence-corrected chi connectivity index (χ3v) is 2.69. The molecule has 3 heteroatoms. The molecule has 0 aromatic rings. The molecule has 21 heavy (non-hydrogen) atoms. The lowest BCUT2D eigenvalue weighted by molar-refractivity contribution is -0.137. The van der Waals surface area contributed by atoms with Crippen molar-refractivity contribution in [2.75, 3.05) is 0 Å². The molecule has 0 bridgehead atoms. The van der Waals surface area contributed by atoms with Crippen LogP contribution in [0.25, 0.3) is 0 Å². The second-order valence-corrected chi connectivity index (χ2v) is 4.77. The highest BCUT2D eigenvalue weighted by Crippen LogP contribution is 2.01. The molecular weight excluding hydrogens is 328 g/mol. The van der Waals surface area contributed by atoms with Crippen molar-refractivity contribution in [3.63, 3.8) is 0 Å². The Bertz CT molecular complexity index is 479. The van der Waals surface area contributed by atoms with Gasteiger partial charge in [0, 0.05) is 12.8 Å². The first-order chi connectivity index (χ1) is 10.3. The molecule has 0 aliphatic rings. The fraction of sp³-hybridized carbons (Fsp3) is 0.389. The molecule has 2 nitrogen and oxygen atoms in total. The number of rotatable bonds is 8. The maximum absolute atomic E-state index is 10.3. The lowest BCUT2D eigenvalue weighted by Gasteiger charge is -1.93. The summed E-state index contributed by atoms with van der Waals surface area (Å²) in [5, 5.41) is 8.47. The number of unbranched alkanes of at least 4 members (excludes halogenated alkanes) is 4. The van der Waals surface area contributed by atoms with E-state index in [0.717, 1.165) is 38.5 Å². The molecule has 0 aliphatic heterocycles. The van der Waals surface area contributed by atoms with E-state index in [2.05, 4.69) is 39.6 Å². The largest absolute Gasteiger partial charge is 0.481 e. The van der Waals surface area contributed by atoms with Crippen molar-refractivity contribution in [2.45, 2.75) is 44.9 Å². The minimum Gasteiger partial charge on any atom is -0.481 e. The first kappa shape index (κ1) is 19.3. The number of carbonyl (C=O) groups is 1. The molecule has 0 fully saturated rings. The smallest absolute Gasteiger partial charge is 0.303 e. The Morgan fingerprint density at radius 2 is 1.62 bits per heavy atom. The van der Waals surface area contributed by atoms with Crippen molar-refractivity contribution in [1.82, 2.24) is 0 Å². The fourth-order valence-corrected chi connectivity index (χ4v) is 1.53. The second-order valence-electron chi connectivity index (χ2n) is 4.24. The Kier molecular flexibility index (Phi) is 15.0. The zero-order valence-electron chi connectivity index (χ0n) is 12.1. The van der Waals surface area contributed by atoms with Gasteiger partial charge in [0.2, 0.25) is 0 Å². The summed E-state index contributed by atoms with van der Waals surface area (Å²) in [6, 6.07) is 0. The minimum absolute atomic E-state index is 0.262. The standard InChI is InChI=1S/C18H21BrO2/c19-17-15-13-11-9-7-5-3-1-2-4-6-8-10-12-14-16-18(20)21/h1-2,7,9,15,17H,3,5,8,10,12,14,16H2,(H,20,21)/b2-1+,9-7-,17-15+. The average molecular weight is 349 g/mol. The molecule has 0 saturated heterocycles. The van der Waals surface area contributed by atoms with E-state index in [0.29, 0.717) is 0 Å². The summed E-state index contributed by atoms with van der Waals surface area (Å²) in [4.78, 5) is 12.0. The van der Waals surface area contributed by atoms with E-state index < -0.39 is 5.97 Å². The second kappa shape index (κ2) is 16.3. The number of allylic oxidation sites excluding steroid dienone is 5. The van der Waals surface area contributed by atoms with Crippen LogP contribution in [0, 0.1) is 23.7 Å². The molecule has 0 atom stereocenters. The average Bonchev–Trinajstić information content (AvgIpc) is 2.46. The number of carboxylic acid groups (broad SMARTS) is 1. The molecule has 1 N–H and O–H groups in total. The molecule has 0 aromatic carbocycles.